The standard InChI is InChI=1S/C15H14BrNO2S/c16-12-8-4-5-9-13(12)20-10-15(17,14(18)19)11-6-2-1-3-7-11/h1-9H,10,17H2,(H,18,19). The number of halogens is 1. The molecule has 0 aliphatic heterocycles. The minimum Gasteiger partial charge on any atom is -0.480 e. The van der Waals surface area contributed by atoms with E-state index in [1.165, 1.54) is 11.8 Å². The van der Waals surface area contributed by atoms with Gasteiger partial charge >= 0.3 is 5.97 Å². The molecule has 104 valence electrons. The molecule has 3 nitrogen and oxygen atoms in total. The van der Waals surface area contributed by atoms with Gasteiger partial charge < -0.3 is 10.8 Å². The summed E-state index contributed by atoms with van der Waals surface area (Å²) in [5, 5.41) is 9.48. The van der Waals surface area contributed by atoms with Gasteiger partial charge in [0.15, 0.2) is 0 Å². The van der Waals surface area contributed by atoms with Crippen LogP contribution in [-0.2, 0) is 10.3 Å². The zero-order valence-electron chi connectivity index (χ0n) is 10.6. The van der Waals surface area contributed by atoms with Crippen LogP contribution in [0.1, 0.15) is 5.56 Å². The van der Waals surface area contributed by atoms with Crippen LogP contribution < -0.4 is 5.73 Å². The molecule has 1 atom stereocenters. The molecule has 0 fully saturated rings. The van der Waals surface area contributed by atoms with Crippen LogP contribution >= 0.6 is 27.7 Å². The Labute approximate surface area is 130 Å². The summed E-state index contributed by atoms with van der Waals surface area (Å²) in [6.07, 6.45) is 0. The van der Waals surface area contributed by atoms with Gasteiger partial charge in [-0.15, -0.1) is 11.8 Å². The van der Waals surface area contributed by atoms with Crippen LogP contribution in [0, 0.1) is 0 Å². The summed E-state index contributed by atoms with van der Waals surface area (Å²) in [6, 6.07) is 16.6. The third-order valence-corrected chi connectivity index (χ3v) is 5.18. The molecule has 3 N–H and O–H groups in total. The van der Waals surface area contributed by atoms with Crippen molar-refractivity contribution in [1.82, 2.24) is 0 Å². The molecule has 0 saturated carbocycles. The molecule has 2 aromatic rings. The third-order valence-electron chi connectivity index (χ3n) is 2.96. The number of carboxylic acid groups (broad SMARTS) is 1. The number of rotatable bonds is 5. The number of thioether (sulfide) groups is 1. The van der Waals surface area contributed by atoms with Crippen LogP contribution in [0.4, 0.5) is 0 Å². The van der Waals surface area contributed by atoms with Crippen LogP contribution in [-0.4, -0.2) is 16.8 Å². The van der Waals surface area contributed by atoms with Crippen molar-refractivity contribution in [3.05, 3.63) is 64.6 Å². The van der Waals surface area contributed by atoms with E-state index < -0.39 is 11.5 Å². The Hall–Kier alpha value is -1.30. The van der Waals surface area contributed by atoms with E-state index >= 15 is 0 Å². The molecule has 0 spiro atoms. The van der Waals surface area contributed by atoms with Crippen molar-refractivity contribution in [2.24, 2.45) is 5.73 Å². The van der Waals surface area contributed by atoms with Crippen LogP contribution in [0.5, 0.6) is 0 Å². The second kappa shape index (κ2) is 6.43. The summed E-state index contributed by atoms with van der Waals surface area (Å²) >= 11 is 4.87. The lowest BCUT2D eigenvalue weighted by molar-refractivity contribution is -0.142. The molecular weight excluding hydrogens is 338 g/mol. The summed E-state index contributed by atoms with van der Waals surface area (Å²) in [4.78, 5) is 12.5. The van der Waals surface area contributed by atoms with E-state index in [0.717, 1.165) is 9.37 Å². The lowest BCUT2D eigenvalue weighted by atomic mass is 9.93. The fourth-order valence-corrected chi connectivity index (χ4v) is 3.44. The molecule has 0 heterocycles. The average Bonchev–Trinajstić information content (AvgIpc) is 2.47. The maximum atomic E-state index is 11.6. The lowest BCUT2D eigenvalue weighted by Crippen LogP contribution is -2.47. The van der Waals surface area contributed by atoms with Crippen molar-refractivity contribution in [1.29, 1.82) is 0 Å². The predicted octanol–water partition coefficient (Wildman–Crippen LogP) is 3.48. The van der Waals surface area contributed by atoms with Gasteiger partial charge in [0.05, 0.1) is 0 Å². The molecule has 1 unspecified atom stereocenters. The number of carbonyl (C=O) groups is 1. The van der Waals surface area contributed by atoms with E-state index in [2.05, 4.69) is 15.9 Å². The fourth-order valence-electron chi connectivity index (χ4n) is 1.76. The van der Waals surface area contributed by atoms with Crippen LogP contribution in [0.25, 0.3) is 0 Å². The average molecular weight is 352 g/mol. The molecular formula is C15H14BrNO2S. The van der Waals surface area contributed by atoms with Gasteiger partial charge in [0.2, 0.25) is 0 Å². The van der Waals surface area contributed by atoms with E-state index in [9.17, 15) is 9.90 Å². The van der Waals surface area contributed by atoms with Gasteiger partial charge in [0.1, 0.15) is 5.54 Å². The zero-order chi connectivity index (χ0) is 14.6. The van der Waals surface area contributed by atoms with Gasteiger partial charge in [-0.2, -0.15) is 0 Å². The van der Waals surface area contributed by atoms with E-state index in [1.54, 1.807) is 24.3 Å². The summed E-state index contributed by atoms with van der Waals surface area (Å²) in [5.74, 6) is -0.766. The number of benzene rings is 2. The van der Waals surface area contributed by atoms with Crippen molar-refractivity contribution in [3.63, 3.8) is 0 Å². The van der Waals surface area contributed by atoms with Gasteiger partial charge in [0, 0.05) is 15.1 Å². The largest absolute Gasteiger partial charge is 0.480 e. The van der Waals surface area contributed by atoms with E-state index in [1.807, 2.05) is 30.3 Å². The molecule has 20 heavy (non-hydrogen) atoms. The van der Waals surface area contributed by atoms with Crippen LogP contribution in [0.3, 0.4) is 0 Å². The summed E-state index contributed by atoms with van der Waals surface area (Å²) in [7, 11) is 0. The van der Waals surface area contributed by atoms with Crippen molar-refractivity contribution in [2.45, 2.75) is 10.4 Å². The zero-order valence-corrected chi connectivity index (χ0v) is 13.0. The second-order valence-electron chi connectivity index (χ2n) is 4.36. The SMILES string of the molecule is NC(CSc1ccccc1Br)(C(=O)O)c1ccccc1. The Bertz CT molecular complexity index is 606. The Morgan fingerprint density at radius 1 is 1.15 bits per heavy atom. The van der Waals surface area contributed by atoms with Gasteiger partial charge in [-0.05, 0) is 33.6 Å². The maximum Gasteiger partial charge on any atom is 0.329 e. The van der Waals surface area contributed by atoms with Crippen LogP contribution in [0.15, 0.2) is 64.0 Å². The Kier molecular flexibility index (Phi) is 4.86. The summed E-state index contributed by atoms with van der Waals surface area (Å²) in [5.41, 5.74) is 5.33. The topological polar surface area (TPSA) is 63.3 Å². The molecule has 0 saturated heterocycles. The van der Waals surface area contributed by atoms with Crippen molar-refractivity contribution < 1.29 is 9.90 Å². The molecule has 0 aromatic heterocycles. The molecule has 5 heteroatoms. The monoisotopic (exact) mass is 351 g/mol. The molecule has 0 aliphatic rings. The Balaban J connectivity index is 2.23. The quantitative estimate of drug-likeness (QED) is 0.809. The highest BCUT2D eigenvalue weighted by atomic mass is 79.9. The van der Waals surface area contributed by atoms with E-state index in [-0.39, 0.29) is 5.75 Å². The van der Waals surface area contributed by atoms with Gasteiger partial charge in [-0.3, -0.25) is 0 Å². The lowest BCUT2D eigenvalue weighted by Gasteiger charge is -2.25. The highest BCUT2D eigenvalue weighted by Crippen LogP contribution is 2.32. The van der Waals surface area contributed by atoms with Gasteiger partial charge in [-0.1, -0.05) is 42.5 Å². The van der Waals surface area contributed by atoms with Crippen LogP contribution in [0.2, 0.25) is 0 Å². The molecule has 0 radical (unpaired) electrons. The maximum absolute atomic E-state index is 11.6. The molecule has 2 rings (SSSR count). The second-order valence-corrected chi connectivity index (χ2v) is 6.23. The first kappa shape index (κ1) is 15.1. The number of hydrogen-bond acceptors (Lipinski definition) is 3. The molecule has 0 amide bonds. The third kappa shape index (κ3) is 3.23. The number of hydrogen-bond donors (Lipinski definition) is 2. The first-order chi connectivity index (χ1) is 9.54. The first-order valence-corrected chi connectivity index (χ1v) is 7.77. The number of carboxylic acids is 1. The molecule has 0 bridgehead atoms. The van der Waals surface area contributed by atoms with Gasteiger partial charge in [-0.25, -0.2) is 4.79 Å². The normalized spacial score (nSPS) is 13.7. The van der Waals surface area contributed by atoms with E-state index in [4.69, 9.17) is 5.73 Å². The summed E-state index contributed by atoms with van der Waals surface area (Å²) in [6.45, 7) is 0. The van der Waals surface area contributed by atoms with Gasteiger partial charge in [0.25, 0.3) is 0 Å². The van der Waals surface area contributed by atoms with Crippen molar-refractivity contribution in [3.8, 4) is 0 Å². The highest BCUT2D eigenvalue weighted by molar-refractivity contribution is 9.10. The highest BCUT2D eigenvalue weighted by Gasteiger charge is 2.36. The Morgan fingerprint density at radius 3 is 2.35 bits per heavy atom. The Morgan fingerprint density at radius 2 is 1.75 bits per heavy atom. The van der Waals surface area contributed by atoms with E-state index in [0.29, 0.717) is 5.56 Å². The predicted molar refractivity (Wildman–Crippen MR) is 84.8 cm³/mol. The number of aliphatic carboxylic acids is 1. The first-order valence-electron chi connectivity index (χ1n) is 5.99. The minimum atomic E-state index is -1.40. The minimum absolute atomic E-state index is 0.259. The molecule has 0 aliphatic carbocycles. The fraction of sp³-hybridized carbons (Fsp3) is 0.133. The molecule has 2 aromatic carbocycles. The number of nitrogens with two attached hydrogens (primary N) is 1. The smallest absolute Gasteiger partial charge is 0.329 e. The van der Waals surface area contributed by atoms with Crippen molar-refractivity contribution in [2.75, 3.05) is 5.75 Å². The summed E-state index contributed by atoms with van der Waals surface area (Å²) < 4.78 is 0.936. The van der Waals surface area contributed by atoms with Crippen molar-refractivity contribution >= 4 is 33.7 Å².